The molecule has 2 aliphatic rings. The third-order valence-corrected chi connectivity index (χ3v) is 4.86. The summed E-state index contributed by atoms with van der Waals surface area (Å²) >= 11 is 0. The van der Waals surface area contributed by atoms with Crippen molar-refractivity contribution in [2.45, 2.75) is 31.1 Å². The Kier molecular flexibility index (Phi) is 4.99. The molecule has 1 spiro atoms. The number of morpholine rings is 1. The van der Waals surface area contributed by atoms with E-state index in [0.29, 0.717) is 13.1 Å². The van der Waals surface area contributed by atoms with Gasteiger partial charge >= 0.3 is 0 Å². The summed E-state index contributed by atoms with van der Waals surface area (Å²) < 4.78 is 6.33. The third-order valence-electron chi connectivity index (χ3n) is 4.86. The highest BCUT2D eigenvalue weighted by molar-refractivity contribution is 5.81. The van der Waals surface area contributed by atoms with E-state index in [9.17, 15) is 4.79 Å². The van der Waals surface area contributed by atoms with Crippen molar-refractivity contribution in [1.29, 1.82) is 0 Å². The Morgan fingerprint density at radius 3 is 2.74 bits per heavy atom. The van der Waals surface area contributed by atoms with E-state index in [1.54, 1.807) is 4.90 Å². The minimum Gasteiger partial charge on any atom is -0.359 e. The monoisotopic (exact) mass is 317 g/mol. The molecule has 0 aliphatic carbocycles. The quantitative estimate of drug-likeness (QED) is 0.907. The topological polar surface area (TPSA) is 44.8 Å². The van der Waals surface area contributed by atoms with Crippen LogP contribution in [0.5, 0.6) is 0 Å². The lowest BCUT2D eigenvalue weighted by Crippen LogP contribution is -2.61. The maximum Gasteiger partial charge on any atom is 0.253 e. The van der Waals surface area contributed by atoms with Crippen molar-refractivity contribution in [3.05, 3.63) is 35.9 Å². The van der Waals surface area contributed by atoms with E-state index in [-0.39, 0.29) is 17.6 Å². The van der Waals surface area contributed by atoms with Crippen molar-refractivity contribution < 1.29 is 9.53 Å². The largest absolute Gasteiger partial charge is 0.359 e. The zero-order valence-electron chi connectivity index (χ0n) is 14.1. The number of rotatable bonds is 3. The van der Waals surface area contributed by atoms with Crippen LogP contribution in [0.15, 0.2) is 30.3 Å². The second-order valence-corrected chi connectivity index (χ2v) is 6.92. The van der Waals surface area contributed by atoms with Crippen LogP contribution < -0.4 is 5.32 Å². The van der Waals surface area contributed by atoms with E-state index in [2.05, 4.69) is 17.3 Å². The van der Waals surface area contributed by atoms with Crippen LogP contribution in [0.2, 0.25) is 0 Å². The van der Waals surface area contributed by atoms with Crippen LogP contribution in [-0.4, -0.2) is 67.7 Å². The molecule has 3 rings (SSSR count). The summed E-state index contributed by atoms with van der Waals surface area (Å²) in [5, 5.41) is 3.38. The number of amides is 1. The maximum atomic E-state index is 12.8. The van der Waals surface area contributed by atoms with Crippen LogP contribution in [0.25, 0.3) is 0 Å². The fourth-order valence-electron chi connectivity index (χ4n) is 3.68. The molecule has 126 valence electrons. The van der Waals surface area contributed by atoms with E-state index in [0.717, 1.165) is 38.0 Å². The zero-order valence-corrected chi connectivity index (χ0v) is 14.1. The fraction of sp³-hybridized carbons (Fsp3) is 0.611. The molecule has 2 heterocycles. The minimum absolute atomic E-state index is 0.0818. The second kappa shape index (κ2) is 6.99. The normalized spacial score (nSPS) is 24.5. The molecule has 23 heavy (non-hydrogen) atoms. The van der Waals surface area contributed by atoms with Crippen molar-refractivity contribution >= 4 is 5.91 Å². The summed E-state index contributed by atoms with van der Waals surface area (Å²) in [4.78, 5) is 16.9. The number of nitrogens with zero attached hydrogens (tertiary/aromatic N) is 2. The van der Waals surface area contributed by atoms with Crippen molar-refractivity contribution in [2.24, 2.45) is 0 Å². The van der Waals surface area contributed by atoms with Crippen molar-refractivity contribution in [3.63, 3.8) is 0 Å². The molecule has 2 aliphatic heterocycles. The number of carbonyl (C=O) groups excluding carboxylic acids is 1. The molecule has 1 N–H and O–H groups in total. The first-order chi connectivity index (χ1) is 11.1. The Labute approximate surface area is 138 Å². The molecule has 1 aromatic rings. The standard InChI is InChI=1S/C18H27N3O2/c1-20-13-16(23-18(14-20)8-10-19-11-9-18)17(22)21(2)12-15-6-4-3-5-7-15/h3-7,16,19H,8-14H2,1-2H3/t16-/m0/s1. The summed E-state index contributed by atoms with van der Waals surface area (Å²) in [5.41, 5.74) is 0.982. The van der Waals surface area contributed by atoms with Gasteiger partial charge in [-0.15, -0.1) is 0 Å². The average Bonchev–Trinajstić information content (AvgIpc) is 2.55. The van der Waals surface area contributed by atoms with Crippen LogP contribution in [0.4, 0.5) is 0 Å². The Hall–Kier alpha value is -1.43. The summed E-state index contributed by atoms with van der Waals surface area (Å²) in [5.74, 6) is 0.0818. The fourth-order valence-corrected chi connectivity index (χ4v) is 3.68. The summed E-state index contributed by atoms with van der Waals surface area (Å²) in [6, 6.07) is 10.1. The highest BCUT2D eigenvalue weighted by Crippen LogP contribution is 2.30. The highest BCUT2D eigenvalue weighted by Gasteiger charge is 2.43. The molecule has 1 aromatic carbocycles. The predicted octanol–water partition coefficient (Wildman–Crippen LogP) is 1.10. The van der Waals surface area contributed by atoms with Gasteiger partial charge in [-0.2, -0.15) is 0 Å². The molecule has 0 radical (unpaired) electrons. The summed E-state index contributed by atoms with van der Waals surface area (Å²) in [6.07, 6.45) is 1.59. The molecule has 2 saturated heterocycles. The lowest BCUT2D eigenvalue weighted by Gasteiger charge is -2.47. The maximum absolute atomic E-state index is 12.8. The Balaban J connectivity index is 1.65. The van der Waals surface area contributed by atoms with Gasteiger partial charge < -0.3 is 19.9 Å². The first-order valence-electron chi connectivity index (χ1n) is 8.44. The van der Waals surface area contributed by atoms with Crippen LogP contribution in [0.3, 0.4) is 0 Å². The lowest BCUT2D eigenvalue weighted by atomic mass is 9.89. The van der Waals surface area contributed by atoms with Gasteiger partial charge in [-0.3, -0.25) is 4.79 Å². The van der Waals surface area contributed by atoms with E-state index in [1.807, 2.05) is 37.4 Å². The van der Waals surface area contributed by atoms with Gasteiger partial charge in [0.2, 0.25) is 0 Å². The smallest absolute Gasteiger partial charge is 0.253 e. The predicted molar refractivity (Wildman–Crippen MR) is 90.1 cm³/mol. The lowest BCUT2D eigenvalue weighted by molar-refractivity contribution is -0.183. The number of hydrogen-bond acceptors (Lipinski definition) is 4. The first-order valence-corrected chi connectivity index (χ1v) is 8.44. The minimum atomic E-state index is -0.361. The number of likely N-dealkylation sites (N-methyl/N-ethyl adjacent to an activating group) is 2. The molecule has 5 nitrogen and oxygen atoms in total. The van der Waals surface area contributed by atoms with Crippen molar-refractivity contribution in [2.75, 3.05) is 40.3 Å². The van der Waals surface area contributed by atoms with Gasteiger partial charge in [0.05, 0.1) is 5.60 Å². The molecule has 0 saturated carbocycles. The third kappa shape index (κ3) is 3.91. The van der Waals surface area contributed by atoms with Gasteiger partial charge in [-0.25, -0.2) is 0 Å². The van der Waals surface area contributed by atoms with Gasteiger partial charge in [0.15, 0.2) is 0 Å². The zero-order chi connectivity index (χ0) is 16.3. The van der Waals surface area contributed by atoms with Crippen LogP contribution in [0, 0.1) is 0 Å². The average molecular weight is 317 g/mol. The first kappa shape index (κ1) is 16.4. The van der Waals surface area contributed by atoms with Crippen molar-refractivity contribution in [3.8, 4) is 0 Å². The van der Waals surface area contributed by atoms with E-state index >= 15 is 0 Å². The molecule has 0 bridgehead atoms. The molecule has 2 fully saturated rings. The Morgan fingerprint density at radius 2 is 2.04 bits per heavy atom. The van der Waals surface area contributed by atoms with Crippen LogP contribution in [0.1, 0.15) is 18.4 Å². The van der Waals surface area contributed by atoms with E-state index in [4.69, 9.17) is 4.74 Å². The molecule has 0 aromatic heterocycles. The van der Waals surface area contributed by atoms with Gasteiger partial charge in [0, 0.05) is 26.7 Å². The molecular formula is C18H27N3O2. The number of nitrogens with one attached hydrogen (secondary N) is 1. The van der Waals surface area contributed by atoms with E-state index < -0.39 is 0 Å². The number of benzene rings is 1. The highest BCUT2D eigenvalue weighted by atomic mass is 16.5. The van der Waals surface area contributed by atoms with Crippen LogP contribution in [-0.2, 0) is 16.1 Å². The van der Waals surface area contributed by atoms with Crippen LogP contribution >= 0.6 is 0 Å². The summed E-state index contributed by atoms with van der Waals surface area (Å²) in [7, 11) is 3.95. The molecule has 1 amide bonds. The molecule has 0 unspecified atom stereocenters. The SMILES string of the molecule is CN1C[C@@H](C(=O)N(C)Cc2ccccc2)OC2(CCNCC2)C1. The Morgan fingerprint density at radius 1 is 1.35 bits per heavy atom. The molecule has 1 atom stereocenters. The molecule has 5 heteroatoms. The van der Waals surface area contributed by atoms with Gasteiger partial charge in [0.25, 0.3) is 5.91 Å². The van der Waals surface area contributed by atoms with Gasteiger partial charge in [-0.05, 0) is 38.5 Å². The molecular weight excluding hydrogens is 290 g/mol. The number of ether oxygens (including phenoxy) is 1. The second-order valence-electron chi connectivity index (χ2n) is 6.92. The van der Waals surface area contributed by atoms with Gasteiger partial charge in [0.1, 0.15) is 6.10 Å². The van der Waals surface area contributed by atoms with E-state index in [1.165, 1.54) is 0 Å². The number of piperidine rings is 1. The van der Waals surface area contributed by atoms with Crippen molar-refractivity contribution in [1.82, 2.24) is 15.1 Å². The summed E-state index contributed by atoms with van der Waals surface area (Å²) in [6.45, 7) is 4.15. The number of carbonyl (C=O) groups is 1. The number of hydrogen-bond donors (Lipinski definition) is 1. The van der Waals surface area contributed by atoms with Gasteiger partial charge in [-0.1, -0.05) is 30.3 Å². The Bertz CT molecular complexity index is 528.